The molecule has 82 valence electrons. The monoisotopic (exact) mass is 240 g/mol. The molecule has 0 aliphatic carbocycles. The van der Waals surface area contributed by atoms with E-state index in [9.17, 15) is 0 Å². The molecule has 0 saturated carbocycles. The van der Waals surface area contributed by atoms with Gasteiger partial charge in [0.1, 0.15) is 5.15 Å². The first-order valence-electron chi connectivity index (χ1n) is 5.31. The standard InChI is InChI=1S/C14H9ClN2/c15-13-7-6-11-12(17-13)8-9-16-14(11)10-4-2-1-3-5-10/h1-9H. The minimum Gasteiger partial charge on any atom is -0.255 e. The molecule has 0 radical (unpaired) electrons. The highest BCUT2D eigenvalue weighted by Gasteiger charge is 2.05. The number of pyridine rings is 2. The molecule has 0 unspecified atom stereocenters. The molecule has 2 aromatic heterocycles. The highest BCUT2D eigenvalue weighted by Crippen LogP contribution is 2.26. The van der Waals surface area contributed by atoms with Crippen molar-refractivity contribution in [2.45, 2.75) is 0 Å². The first-order chi connectivity index (χ1) is 8.34. The van der Waals surface area contributed by atoms with Gasteiger partial charge >= 0.3 is 0 Å². The van der Waals surface area contributed by atoms with Crippen molar-refractivity contribution in [3.63, 3.8) is 0 Å². The molecular formula is C14H9ClN2. The van der Waals surface area contributed by atoms with Gasteiger partial charge in [0.25, 0.3) is 0 Å². The van der Waals surface area contributed by atoms with Crippen molar-refractivity contribution >= 4 is 22.5 Å². The van der Waals surface area contributed by atoms with Gasteiger partial charge in [-0.05, 0) is 18.2 Å². The normalized spacial score (nSPS) is 10.6. The largest absolute Gasteiger partial charge is 0.255 e. The molecule has 0 saturated heterocycles. The Hall–Kier alpha value is -1.93. The topological polar surface area (TPSA) is 25.8 Å². The van der Waals surface area contributed by atoms with Gasteiger partial charge < -0.3 is 0 Å². The molecule has 3 heteroatoms. The summed E-state index contributed by atoms with van der Waals surface area (Å²) < 4.78 is 0. The van der Waals surface area contributed by atoms with E-state index in [1.165, 1.54) is 0 Å². The summed E-state index contributed by atoms with van der Waals surface area (Å²) in [6.45, 7) is 0. The lowest BCUT2D eigenvalue weighted by molar-refractivity contribution is 1.32. The number of rotatable bonds is 1. The van der Waals surface area contributed by atoms with E-state index in [4.69, 9.17) is 11.6 Å². The van der Waals surface area contributed by atoms with E-state index >= 15 is 0 Å². The van der Waals surface area contributed by atoms with Gasteiger partial charge in [0.05, 0.1) is 11.2 Å². The van der Waals surface area contributed by atoms with E-state index < -0.39 is 0 Å². The van der Waals surface area contributed by atoms with Crippen molar-refractivity contribution in [3.05, 3.63) is 59.9 Å². The molecule has 0 aliphatic heterocycles. The molecule has 1 aromatic carbocycles. The van der Waals surface area contributed by atoms with E-state index in [-0.39, 0.29) is 0 Å². The summed E-state index contributed by atoms with van der Waals surface area (Å²) in [4.78, 5) is 8.71. The van der Waals surface area contributed by atoms with Gasteiger partial charge in [0, 0.05) is 17.1 Å². The minimum atomic E-state index is 0.503. The van der Waals surface area contributed by atoms with E-state index in [0.717, 1.165) is 22.2 Å². The minimum absolute atomic E-state index is 0.503. The third-order valence-electron chi connectivity index (χ3n) is 2.63. The fourth-order valence-corrected chi connectivity index (χ4v) is 2.01. The maximum atomic E-state index is 5.89. The summed E-state index contributed by atoms with van der Waals surface area (Å²) in [5, 5.41) is 1.52. The van der Waals surface area contributed by atoms with Crippen LogP contribution in [0.1, 0.15) is 0 Å². The van der Waals surface area contributed by atoms with Crippen molar-refractivity contribution in [2.24, 2.45) is 0 Å². The van der Waals surface area contributed by atoms with Gasteiger partial charge in [-0.3, -0.25) is 4.98 Å². The maximum absolute atomic E-state index is 5.89. The van der Waals surface area contributed by atoms with Crippen LogP contribution in [0.15, 0.2) is 54.7 Å². The molecule has 17 heavy (non-hydrogen) atoms. The fraction of sp³-hybridized carbons (Fsp3) is 0. The SMILES string of the molecule is Clc1ccc2c(-c3ccccc3)nccc2n1. The van der Waals surface area contributed by atoms with Gasteiger partial charge in [0.2, 0.25) is 0 Å². The first-order valence-corrected chi connectivity index (χ1v) is 5.69. The number of hydrogen-bond acceptors (Lipinski definition) is 2. The summed E-state index contributed by atoms with van der Waals surface area (Å²) >= 11 is 5.89. The Balaban J connectivity index is 2.31. The Morgan fingerprint density at radius 1 is 0.882 bits per heavy atom. The van der Waals surface area contributed by atoms with E-state index in [1.807, 2.05) is 42.5 Å². The smallest absolute Gasteiger partial charge is 0.129 e. The van der Waals surface area contributed by atoms with E-state index in [1.54, 1.807) is 12.3 Å². The average Bonchev–Trinajstić information content (AvgIpc) is 2.39. The molecule has 0 atom stereocenters. The summed E-state index contributed by atoms with van der Waals surface area (Å²) in [6, 6.07) is 15.7. The van der Waals surface area contributed by atoms with Crippen LogP contribution in [0.2, 0.25) is 5.15 Å². The third kappa shape index (κ3) is 1.87. The number of aromatic nitrogens is 2. The van der Waals surface area contributed by atoms with Crippen molar-refractivity contribution < 1.29 is 0 Å². The van der Waals surface area contributed by atoms with Crippen molar-refractivity contribution in [1.29, 1.82) is 0 Å². The quantitative estimate of drug-likeness (QED) is 0.602. The fourth-order valence-electron chi connectivity index (χ4n) is 1.86. The molecule has 0 N–H and O–H groups in total. The molecule has 2 nitrogen and oxygen atoms in total. The summed E-state index contributed by atoms with van der Waals surface area (Å²) in [7, 11) is 0. The van der Waals surface area contributed by atoms with Crippen LogP contribution in [0.25, 0.3) is 22.2 Å². The van der Waals surface area contributed by atoms with E-state index in [2.05, 4.69) is 9.97 Å². The lowest BCUT2D eigenvalue weighted by atomic mass is 10.1. The Morgan fingerprint density at radius 2 is 1.71 bits per heavy atom. The summed E-state index contributed by atoms with van der Waals surface area (Å²) in [5.74, 6) is 0. The average molecular weight is 241 g/mol. The molecule has 0 amide bonds. The lowest BCUT2D eigenvalue weighted by Crippen LogP contribution is -1.87. The van der Waals surface area contributed by atoms with Crippen LogP contribution in [0.4, 0.5) is 0 Å². The number of benzene rings is 1. The molecule has 0 aliphatic rings. The van der Waals surface area contributed by atoms with Gasteiger partial charge in [-0.15, -0.1) is 0 Å². The Bertz CT molecular complexity index is 665. The molecule has 3 aromatic rings. The van der Waals surface area contributed by atoms with Crippen LogP contribution in [-0.4, -0.2) is 9.97 Å². The number of nitrogens with zero attached hydrogens (tertiary/aromatic N) is 2. The molecule has 0 spiro atoms. The zero-order valence-electron chi connectivity index (χ0n) is 8.97. The predicted molar refractivity (Wildman–Crippen MR) is 70.0 cm³/mol. The van der Waals surface area contributed by atoms with Crippen LogP contribution in [0, 0.1) is 0 Å². The Morgan fingerprint density at radius 3 is 2.53 bits per heavy atom. The van der Waals surface area contributed by atoms with Gasteiger partial charge in [-0.25, -0.2) is 4.98 Å². The third-order valence-corrected chi connectivity index (χ3v) is 2.84. The van der Waals surface area contributed by atoms with Crippen molar-refractivity contribution in [1.82, 2.24) is 9.97 Å². The van der Waals surface area contributed by atoms with Crippen LogP contribution in [0.3, 0.4) is 0 Å². The Labute approximate surface area is 104 Å². The number of halogens is 1. The van der Waals surface area contributed by atoms with Crippen LogP contribution < -0.4 is 0 Å². The molecule has 0 fully saturated rings. The van der Waals surface area contributed by atoms with Gasteiger partial charge in [-0.1, -0.05) is 41.9 Å². The highest BCUT2D eigenvalue weighted by atomic mass is 35.5. The van der Waals surface area contributed by atoms with Gasteiger partial charge in [-0.2, -0.15) is 0 Å². The number of hydrogen-bond donors (Lipinski definition) is 0. The molecule has 2 heterocycles. The molecular weight excluding hydrogens is 232 g/mol. The number of fused-ring (bicyclic) bond motifs is 1. The zero-order chi connectivity index (χ0) is 11.7. The Kier molecular flexibility index (Phi) is 2.50. The summed E-state index contributed by atoms with van der Waals surface area (Å²) in [6.07, 6.45) is 1.76. The summed E-state index contributed by atoms with van der Waals surface area (Å²) in [5.41, 5.74) is 2.89. The second-order valence-electron chi connectivity index (χ2n) is 3.73. The molecule has 3 rings (SSSR count). The van der Waals surface area contributed by atoms with Crippen LogP contribution >= 0.6 is 11.6 Å². The second kappa shape index (κ2) is 4.15. The molecule has 0 bridgehead atoms. The van der Waals surface area contributed by atoms with Crippen LogP contribution in [0.5, 0.6) is 0 Å². The highest BCUT2D eigenvalue weighted by molar-refractivity contribution is 6.29. The maximum Gasteiger partial charge on any atom is 0.129 e. The van der Waals surface area contributed by atoms with E-state index in [0.29, 0.717) is 5.15 Å². The van der Waals surface area contributed by atoms with Crippen LogP contribution in [-0.2, 0) is 0 Å². The predicted octanol–water partition coefficient (Wildman–Crippen LogP) is 3.95. The van der Waals surface area contributed by atoms with Crippen molar-refractivity contribution in [2.75, 3.05) is 0 Å². The second-order valence-corrected chi connectivity index (χ2v) is 4.11. The van der Waals surface area contributed by atoms with Gasteiger partial charge in [0.15, 0.2) is 0 Å². The zero-order valence-corrected chi connectivity index (χ0v) is 9.72. The lowest BCUT2D eigenvalue weighted by Gasteiger charge is -2.05. The first kappa shape index (κ1) is 10.2. The van der Waals surface area contributed by atoms with Crippen molar-refractivity contribution in [3.8, 4) is 11.3 Å².